The summed E-state index contributed by atoms with van der Waals surface area (Å²) in [5.74, 6) is 0.498. The van der Waals surface area contributed by atoms with Crippen LogP contribution in [0.4, 0.5) is 0 Å². The van der Waals surface area contributed by atoms with Crippen LogP contribution >= 0.6 is 0 Å². The summed E-state index contributed by atoms with van der Waals surface area (Å²) in [6.45, 7) is 0. The molecule has 0 spiro atoms. The molecule has 1 N–H and O–H groups in total. The van der Waals surface area contributed by atoms with Crippen LogP contribution in [0.2, 0.25) is 0 Å². The van der Waals surface area contributed by atoms with Gasteiger partial charge in [0.05, 0.1) is 18.6 Å². The molecule has 1 aromatic rings. The fourth-order valence-electron chi connectivity index (χ4n) is 1.13. The lowest BCUT2D eigenvalue weighted by atomic mass is 10.1. The van der Waals surface area contributed by atoms with Crippen LogP contribution in [-0.4, -0.2) is 5.11 Å². The van der Waals surface area contributed by atoms with Crippen LogP contribution < -0.4 is 0 Å². The molecule has 1 unspecified atom stereocenters. The number of aliphatic hydroxyl groups is 1. The number of rotatable bonds is 2. The molecule has 0 saturated heterocycles. The zero-order valence-electron chi connectivity index (χ0n) is 5.66. The monoisotopic (exact) mass is 138 g/mol. The highest BCUT2D eigenvalue weighted by Crippen LogP contribution is 2.40. The van der Waals surface area contributed by atoms with Gasteiger partial charge in [0.2, 0.25) is 0 Å². The molecule has 1 aliphatic rings. The van der Waals surface area contributed by atoms with Crippen LogP contribution in [0.15, 0.2) is 23.0 Å². The maximum Gasteiger partial charge on any atom is 0.0960 e. The van der Waals surface area contributed by atoms with Crippen LogP contribution in [0.5, 0.6) is 0 Å². The molecule has 1 aromatic heterocycles. The Kier molecular flexibility index (Phi) is 1.27. The standard InChI is InChI=1S/C8H10O2/c9-8(6-1-2-6)7-3-4-10-5-7/h3-6,8-9H,1-2H2. The minimum atomic E-state index is -0.279. The third kappa shape index (κ3) is 0.948. The van der Waals surface area contributed by atoms with Gasteiger partial charge in [-0.1, -0.05) is 0 Å². The second-order valence-electron chi connectivity index (χ2n) is 2.84. The normalized spacial score (nSPS) is 20.9. The van der Waals surface area contributed by atoms with E-state index < -0.39 is 0 Å². The first-order chi connectivity index (χ1) is 4.88. The van der Waals surface area contributed by atoms with Crippen molar-refractivity contribution in [3.63, 3.8) is 0 Å². The molecule has 0 aliphatic heterocycles. The topological polar surface area (TPSA) is 33.4 Å². The molecule has 0 radical (unpaired) electrons. The van der Waals surface area contributed by atoms with Gasteiger partial charge in [-0.15, -0.1) is 0 Å². The first-order valence-corrected chi connectivity index (χ1v) is 3.58. The Labute approximate surface area is 59.5 Å². The van der Waals surface area contributed by atoms with E-state index in [1.54, 1.807) is 12.5 Å². The molecule has 2 rings (SSSR count). The minimum absolute atomic E-state index is 0.279. The number of aliphatic hydroxyl groups excluding tert-OH is 1. The zero-order valence-corrected chi connectivity index (χ0v) is 5.66. The highest BCUT2D eigenvalue weighted by Gasteiger charge is 2.31. The Bertz CT molecular complexity index is 199. The maximum absolute atomic E-state index is 9.49. The maximum atomic E-state index is 9.49. The lowest BCUT2D eigenvalue weighted by Gasteiger charge is -2.03. The van der Waals surface area contributed by atoms with E-state index in [0.29, 0.717) is 5.92 Å². The van der Waals surface area contributed by atoms with Gasteiger partial charge in [-0.05, 0) is 24.8 Å². The predicted molar refractivity (Wildman–Crippen MR) is 36.4 cm³/mol. The Morgan fingerprint density at radius 3 is 2.90 bits per heavy atom. The van der Waals surface area contributed by atoms with Crippen LogP contribution in [-0.2, 0) is 0 Å². The molecule has 1 fully saturated rings. The second kappa shape index (κ2) is 2.13. The van der Waals surface area contributed by atoms with E-state index in [9.17, 15) is 5.11 Å². The van der Waals surface area contributed by atoms with Crippen LogP contribution in [0.25, 0.3) is 0 Å². The first-order valence-electron chi connectivity index (χ1n) is 3.58. The smallest absolute Gasteiger partial charge is 0.0960 e. The molecule has 0 amide bonds. The first kappa shape index (κ1) is 5.98. The van der Waals surface area contributed by atoms with Gasteiger partial charge in [-0.2, -0.15) is 0 Å². The van der Waals surface area contributed by atoms with Gasteiger partial charge in [0.15, 0.2) is 0 Å². The molecular formula is C8H10O2. The van der Waals surface area contributed by atoms with E-state index in [2.05, 4.69) is 0 Å². The average Bonchev–Trinajstić information content (AvgIpc) is 2.65. The van der Waals surface area contributed by atoms with Gasteiger partial charge in [-0.3, -0.25) is 0 Å². The van der Waals surface area contributed by atoms with Crippen molar-refractivity contribution >= 4 is 0 Å². The second-order valence-corrected chi connectivity index (χ2v) is 2.84. The number of hydrogen-bond donors (Lipinski definition) is 1. The van der Waals surface area contributed by atoms with Crippen molar-refractivity contribution in [3.8, 4) is 0 Å². The quantitative estimate of drug-likeness (QED) is 0.675. The van der Waals surface area contributed by atoms with E-state index in [1.807, 2.05) is 6.07 Å². The Balaban J connectivity index is 2.11. The van der Waals surface area contributed by atoms with E-state index >= 15 is 0 Å². The van der Waals surface area contributed by atoms with Gasteiger partial charge < -0.3 is 9.52 Å². The largest absolute Gasteiger partial charge is 0.472 e. The molecule has 0 aromatic carbocycles. The van der Waals surface area contributed by atoms with E-state index in [0.717, 1.165) is 18.4 Å². The van der Waals surface area contributed by atoms with Crippen molar-refractivity contribution in [2.45, 2.75) is 18.9 Å². The third-order valence-corrected chi connectivity index (χ3v) is 1.95. The number of furan rings is 1. The van der Waals surface area contributed by atoms with Crippen LogP contribution in [0.1, 0.15) is 24.5 Å². The molecule has 1 saturated carbocycles. The van der Waals surface area contributed by atoms with Crippen molar-refractivity contribution in [2.75, 3.05) is 0 Å². The molecular weight excluding hydrogens is 128 g/mol. The van der Waals surface area contributed by atoms with Gasteiger partial charge in [-0.25, -0.2) is 0 Å². The summed E-state index contributed by atoms with van der Waals surface area (Å²) in [5.41, 5.74) is 0.919. The fraction of sp³-hybridized carbons (Fsp3) is 0.500. The van der Waals surface area contributed by atoms with E-state index in [4.69, 9.17) is 4.42 Å². The molecule has 54 valence electrons. The third-order valence-electron chi connectivity index (χ3n) is 1.95. The summed E-state index contributed by atoms with van der Waals surface area (Å²) in [7, 11) is 0. The summed E-state index contributed by atoms with van der Waals surface area (Å²) in [4.78, 5) is 0. The summed E-state index contributed by atoms with van der Waals surface area (Å²) >= 11 is 0. The van der Waals surface area contributed by atoms with Crippen LogP contribution in [0.3, 0.4) is 0 Å². The minimum Gasteiger partial charge on any atom is -0.472 e. The highest BCUT2D eigenvalue weighted by atomic mass is 16.3. The Morgan fingerprint density at radius 1 is 1.60 bits per heavy atom. The van der Waals surface area contributed by atoms with Crippen molar-refractivity contribution in [2.24, 2.45) is 5.92 Å². The lowest BCUT2D eigenvalue weighted by molar-refractivity contribution is 0.153. The zero-order chi connectivity index (χ0) is 6.97. The van der Waals surface area contributed by atoms with Gasteiger partial charge >= 0.3 is 0 Å². The number of hydrogen-bond acceptors (Lipinski definition) is 2. The highest BCUT2D eigenvalue weighted by molar-refractivity contribution is 5.12. The Morgan fingerprint density at radius 2 is 2.40 bits per heavy atom. The molecule has 1 atom stereocenters. The summed E-state index contributed by atoms with van der Waals surface area (Å²) in [5, 5.41) is 9.49. The predicted octanol–water partition coefficient (Wildman–Crippen LogP) is 1.72. The van der Waals surface area contributed by atoms with Gasteiger partial charge in [0.1, 0.15) is 0 Å². The lowest BCUT2D eigenvalue weighted by Crippen LogP contribution is -1.96. The molecule has 2 heteroatoms. The Hall–Kier alpha value is -0.760. The fourth-order valence-corrected chi connectivity index (χ4v) is 1.13. The van der Waals surface area contributed by atoms with Crippen molar-refractivity contribution in [3.05, 3.63) is 24.2 Å². The van der Waals surface area contributed by atoms with Gasteiger partial charge in [0.25, 0.3) is 0 Å². The molecule has 1 aliphatic carbocycles. The molecule has 2 nitrogen and oxygen atoms in total. The van der Waals surface area contributed by atoms with Crippen molar-refractivity contribution in [1.82, 2.24) is 0 Å². The molecule has 1 heterocycles. The molecule has 0 bridgehead atoms. The summed E-state index contributed by atoms with van der Waals surface area (Å²) in [6.07, 6.45) is 5.25. The van der Waals surface area contributed by atoms with Crippen molar-refractivity contribution in [1.29, 1.82) is 0 Å². The summed E-state index contributed by atoms with van der Waals surface area (Å²) in [6, 6.07) is 1.82. The van der Waals surface area contributed by atoms with Crippen LogP contribution in [0, 0.1) is 5.92 Å². The van der Waals surface area contributed by atoms with E-state index in [-0.39, 0.29) is 6.10 Å². The summed E-state index contributed by atoms with van der Waals surface area (Å²) < 4.78 is 4.85. The molecule has 10 heavy (non-hydrogen) atoms. The van der Waals surface area contributed by atoms with Crippen molar-refractivity contribution < 1.29 is 9.52 Å². The van der Waals surface area contributed by atoms with Gasteiger partial charge in [0, 0.05) is 5.56 Å². The average molecular weight is 138 g/mol. The SMILES string of the molecule is OC(c1ccoc1)C1CC1. The van der Waals surface area contributed by atoms with E-state index in [1.165, 1.54) is 0 Å².